The van der Waals surface area contributed by atoms with Gasteiger partial charge < -0.3 is 5.73 Å². The summed E-state index contributed by atoms with van der Waals surface area (Å²) < 4.78 is 40.0. The third kappa shape index (κ3) is 5.10. The summed E-state index contributed by atoms with van der Waals surface area (Å²) >= 11 is 5.96. The predicted molar refractivity (Wildman–Crippen MR) is 102 cm³/mol. The topological polar surface area (TPSA) is 56.0 Å². The van der Waals surface area contributed by atoms with Gasteiger partial charge in [-0.1, -0.05) is 48.0 Å². The lowest BCUT2D eigenvalue weighted by atomic mass is 10.0. The van der Waals surface area contributed by atoms with Crippen LogP contribution in [0, 0.1) is 0 Å². The second-order valence-electron chi connectivity index (χ2n) is 6.39. The number of primary amides is 1. The lowest BCUT2D eigenvalue weighted by Gasteiger charge is -2.12. The van der Waals surface area contributed by atoms with Crippen LogP contribution in [0.4, 0.5) is 13.2 Å². The Hall–Kier alpha value is -2.86. The Morgan fingerprint density at radius 3 is 2.25 bits per heavy atom. The summed E-state index contributed by atoms with van der Waals surface area (Å²) in [6, 6.07) is 16.2. The summed E-state index contributed by atoms with van der Waals surface area (Å²) in [6.07, 6.45) is -4.16. The van der Waals surface area contributed by atoms with Gasteiger partial charge in [0.05, 0.1) is 12.1 Å². The van der Waals surface area contributed by atoms with Crippen LogP contribution in [0.2, 0.25) is 5.02 Å². The van der Waals surface area contributed by atoms with Crippen molar-refractivity contribution in [3.05, 3.63) is 88.1 Å². The van der Waals surface area contributed by atoms with Gasteiger partial charge in [-0.25, -0.2) is 4.98 Å². The first-order chi connectivity index (χ1) is 13.2. The maximum Gasteiger partial charge on any atom is 0.433 e. The van der Waals surface area contributed by atoms with Crippen LogP contribution in [0.15, 0.2) is 60.7 Å². The molecule has 0 radical (unpaired) electrons. The Kier molecular flexibility index (Phi) is 5.70. The summed E-state index contributed by atoms with van der Waals surface area (Å²) in [5, 5.41) is 0.420. The largest absolute Gasteiger partial charge is 0.433 e. The fourth-order valence-corrected chi connectivity index (χ4v) is 3.03. The monoisotopic (exact) mass is 404 g/mol. The zero-order valence-corrected chi connectivity index (χ0v) is 15.4. The Morgan fingerprint density at radius 2 is 1.64 bits per heavy atom. The van der Waals surface area contributed by atoms with Crippen molar-refractivity contribution in [1.82, 2.24) is 4.98 Å². The fourth-order valence-electron chi connectivity index (χ4n) is 2.84. The van der Waals surface area contributed by atoms with Crippen LogP contribution in [0.25, 0.3) is 11.3 Å². The van der Waals surface area contributed by atoms with Gasteiger partial charge in [-0.15, -0.1) is 0 Å². The van der Waals surface area contributed by atoms with E-state index in [9.17, 15) is 18.0 Å². The fraction of sp³-hybridized carbons (Fsp3) is 0.143. The molecule has 1 heterocycles. The molecule has 0 fully saturated rings. The molecule has 0 spiro atoms. The normalized spacial score (nSPS) is 11.4. The van der Waals surface area contributed by atoms with Gasteiger partial charge in [0.25, 0.3) is 0 Å². The SMILES string of the molecule is NC(=O)Cc1ccc(Cc2cc(-c3cccc(Cl)c3)nc(C(F)(F)F)c2)cc1. The maximum absolute atomic E-state index is 13.3. The van der Waals surface area contributed by atoms with Crippen LogP contribution < -0.4 is 5.73 Å². The van der Waals surface area contributed by atoms with E-state index in [0.717, 1.165) is 17.2 Å². The van der Waals surface area contributed by atoms with Crippen LogP contribution in [0.3, 0.4) is 0 Å². The number of amides is 1. The number of nitrogens with two attached hydrogens (primary N) is 1. The molecule has 2 N–H and O–H groups in total. The highest BCUT2D eigenvalue weighted by atomic mass is 35.5. The van der Waals surface area contributed by atoms with Crippen molar-refractivity contribution in [2.75, 3.05) is 0 Å². The average molecular weight is 405 g/mol. The standard InChI is InChI=1S/C21H16ClF3N2O/c22-17-3-1-2-16(12-17)18-9-15(10-19(27-18)21(23,24)25)8-13-4-6-14(7-5-13)11-20(26)28/h1-7,9-10,12H,8,11H2,(H2,26,28). The zero-order valence-electron chi connectivity index (χ0n) is 14.6. The summed E-state index contributed by atoms with van der Waals surface area (Å²) in [7, 11) is 0. The van der Waals surface area contributed by atoms with Gasteiger partial charge in [0.15, 0.2) is 0 Å². The van der Waals surface area contributed by atoms with Gasteiger partial charge in [-0.05, 0) is 47.4 Å². The van der Waals surface area contributed by atoms with Gasteiger partial charge in [0, 0.05) is 10.6 Å². The van der Waals surface area contributed by atoms with Crippen LogP contribution in [-0.2, 0) is 23.8 Å². The summed E-state index contributed by atoms with van der Waals surface area (Å²) in [6.45, 7) is 0. The van der Waals surface area contributed by atoms with E-state index in [-0.39, 0.29) is 18.5 Å². The van der Waals surface area contributed by atoms with Gasteiger partial charge >= 0.3 is 6.18 Å². The zero-order chi connectivity index (χ0) is 20.3. The molecular weight excluding hydrogens is 389 g/mol. The molecule has 0 atom stereocenters. The molecule has 0 saturated carbocycles. The van der Waals surface area contributed by atoms with Crippen molar-refractivity contribution >= 4 is 17.5 Å². The second kappa shape index (κ2) is 8.02. The molecular formula is C21H16ClF3N2O. The number of pyridine rings is 1. The highest BCUT2D eigenvalue weighted by molar-refractivity contribution is 6.30. The van der Waals surface area contributed by atoms with E-state index in [1.165, 1.54) is 0 Å². The van der Waals surface area contributed by atoms with Gasteiger partial charge in [0.2, 0.25) is 5.91 Å². The number of halogens is 4. The first-order valence-corrected chi connectivity index (χ1v) is 8.79. The van der Waals surface area contributed by atoms with Gasteiger partial charge in [-0.2, -0.15) is 13.2 Å². The third-order valence-electron chi connectivity index (χ3n) is 4.11. The number of aromatic nitrogens is 1. The van der Waals surface area contributed by atoms with Crippen molar-refractivity contribution in [3.63, 3.8) is 0 Å². The molecule has 3 nitrogen and oxygen atoms in total. The second-order valence-corrected chi connectivity index (χ2v) is 6.83. The molecule has 0 aliphatic rings. The Balaban J connectivity index is 1.96. The minimum absolute atomic E-state index is 0.118. The van der Waals surface area contributed by atoms with E-state index in [2.05, 4.69) is 4.98 Å². The smallest absolute Gasteiger partial charge is 0.369 e. The first-order valence-electron chi connectivity index (χ1n) is 8.41. The molecule has 1 amide bonds. The Bertz CT molecular complexity index is 1000. The highest BCUT2D eigenvalue weighted by Crippen LogP contribution is 2.32. The number of rotatable bonds is 5. The molecule has 1 aromatic heterocycles. The summed E-state index contributed by atoms with van der Waals surface area (Å²) in [5.41, 5.74) is 6.96. The molecule has 3 rings (SSSR count). The maximum atomic E-state index is 13.3. The van der Waals surface area contributed by atoms with Crippen molar-refractivity contribution in [3.8, 4) is 11.3 Å². The number of nitrogens with zero attached hydrogens (tertiary/aromatic N) is 1. The van der Waals surface area contributed by atoms with Crippen molar-refractivity contribution in [1.29, 1.82) is 0 Å². The molecule has 144 valence electrons. The van der Waals surface area contributed by atoms with Gasteiger partial charge in [-0.3, -0.25) is 4.79 Å². The minimum atomic E-state index is -4.56. The molecule has 3 aromatic rings. The van der Waals surface area contributed by atoms with Crippen molar-refractivity contribution < 1.29 is 18.0 Å². The molecule has 0 aliphatic heterocycles. The summed E-state index contributed by atoms with van der Waals surface area (Å²) in [5.74, 6) is -0.442. The minimum Gasteiger partial charge on any atom is -0.369 e. The molecule has 28 heavy (non-hydrogen) atoms. The van der Waals surface area contributed by atoms with Crippen LogP contribution >= 0.6 is 11.6 Å². The highest BCUT2D eigenvalue weighted by Gasteiger charge is 2.33. The van der Waals surface area contributed by atoms with Crippen molar-refractivity contribution in [2.45, 2.75) is 19.0 Å². The number of alkyl halides is 3. The van der Waals surface area contributed by atoms with E-state index < -0.39 is 17.8 Å². The molecule has 0 aliphatic carbocycles. The van der Waals surface area contributed by atoms with Crippen LogP contribution in [-0.4, -0.2) is 10.9 Å². The molecule has 2 aromatic carbocycles. The first kappa shape index (κ1) is 19.9. The Morgan fingerprint density at radius 1 is 0.964 bits per heavy atom. The predicted octanol–water partition coefficient (Wildman–Crippen LogP) is 5.04. The molecule has 7 heteroatoms. The van der Waals surface area contributed by atoms with E-state index in [0.29, 0.717) is 16.1 Å². The van der Waals surface area contributed by atoms with E-state index in [1.54, 1.807) is 54.6 Å². The lowest BCUT2D eigenvalue weighted by molar-refractivity contribution is -0.141. The number of benzene rings is 2. The molecule has 0 unspecified atom stereocenters. The number of carbonyl (C=O) groups is 1. The van der Waals surface area contributed by atoms with E-state index >= 15 is 0 Å². The average Bonchev–Trinajstić information content (AvgIpc) is 2.62. The number of hydrogen-bond acceptors (Lipinski definition) is 2. The number of hydrogen-bond donors (Lipinski definition) is 1. The third-order valence-corrected chi connectivity index (χ3v) is 4.34. The Labute approximate surface area is 165 Å². The summed E-state index contributed by atoms with van der Waals surface area (Å²) in [4.78, 5) is 14.7. The number of carbonyl (C=O) groups excluding carboxylic acids is 1. The molecule has 0 saturated heterocycles. The van der Waals surface area contributed by atoms with E-state index in [1.807, 2.05) is 0 Å². The van der Waals surface area contributed by atoms with Crippen LogP contribution in [0.5, 0.6) is 0 Å². The van der Waals surface area contributed by atoms with Crippen LogP contribution in [0.1, 0.15) is 22.4 Å². The van der Waals surface area contributed by atoms with Gasteiger partial charge in [0.1, 0.15) is 5.69 Å². The van der Waals surface area contributed by atoms with Crippen molar-refractivity contribution in [2.24, 2.45) is 5.73 Å². The quantitative estimate of drug-likeness (QED) is 0.647. The lowest BCUT2D eigenvalue weighted by Crippen LogP contribution is -2.13. The van der Waals surface area contributed by atoms with E-state index in [4.69, 9.17) is 17.3 Å². The molecule has 0 bridgehead atoms.